The molecule has 0 atom stereocenters. The minimum atomic E-state index is -2.47. The van der Waals surface area contributed by atoms with E-state index in [1.807, 2.05) is 0 Å². The van der Waals surface area contributed by atoms with Crippen molar-refractivity contribution in [3.05, 3.63) is 0 Å². The summed E-state index contributed by atoms with van der Waals surface area (Å²) in [5, 5.41) is 19.5. The third-order valence-electron chi connectivity index (χ3n) is 0.833. The van der Waals surface area contributed by atoms with Crippen LogP contribution in [0.25, 0.3) is 0 Å². The van der Waals surface area contributed by atoms with Crippen LogP contribution in [0.15, 0.2) is 0 Å². The fraction of sp³-hybridized carbons (Fsp3) is 0. The molecule has 11 heavy (non-hydrogen) atoms. The molecule has 0 unspecified atom stereocenters. The summed E-state index contributed by atoms with van der Waals surface area (Å²) >= 11 is 0. The van der Waals surface area contributed by atoms with Gasteiger partial charge in [0, 0.05) is 0 Å². The van der Waals surface area contributed by atoms with Gasteiger partial charge in [-0.2, -0.15) is 0 Å². The standard InChI is InChI=1S/B4O7/c5-1-8-3-10-4(11-3)9-2(6)7/q-2. The van der Waals surface area contributed by atoms with Crippen molar-refractivity contribution >= 4 is 29.3 Å². The Bertz CT molecular complexity index is 128. The van der Waals surface area contributed by atoms with E-state index in [1.165, 1.54) is 0 Å². The Kier molecular flexibility index (Phi) is 3.09. The first-order chi connectivity index (χ1) is 5.22. The second-order valence-electron chi connectivity index (χ2n) is 1.51. The van der Waals surface area contributed by atoms with Crippen LogP contribution in [0, 0.1) is 0 Å². The summed E-state index contributed by atoms with van der Waals surface area (Å²) in [6, 6.07) is 0. The van der Waals surface area contributed by atoms with Crippen LogP contribution in [0.1, 0.15) is 0 Å². The molecule has 1 aliphatic rings. The Morgan fingerprint density at radius 1 is 1.36 bits per heavy atom. The van der Waals surface area contributed by atoms with Gasteiger partial charge in [0.05, 0.1) is 0 Å². The summed E-state index contributed by atoms with van der Waals surface area (Å²) in [5.41, 5.74) is 0. The van der Waals surface area contributed by atoms with Gasteiger partial charge in [-0.15, -0.1) is 0 Å². The van der Waals surface area contributed by atoms with E-state index in [0.717, 1.165) is 0 Å². The van der Waals surface area contributed by atoms with Crippen molar-refractivity contribution in [2.75, 3.05) is 0 Å². The van der Waals surface area contributed by atoms with Gasteiger partial charge >= 0.3 is 62.4 Å². The van der Waals surface area contributed by atoms with Crippen LogP contribution in [0.2, 0.25) is 0 Å². The molecule has 0 saturated carbocycles. The quantitative estimate of drug-likeness (QED) is 0.379. The molecule has 1 rings (SSSR count). The van der Waals surface area contributed by atoms with Gasteiger partial charge in [-0.25, -0.2) is 0 Å². The van der Waals surface area contributed by atoms with E-state index in [4.69, 9.17) is 0 Å². The van der Waals surface area contributed by atoms with Crippen molar-refractivity contribution < 1.29 is 33.0 Å². The first-order valence-electron chi connectivity index (χ1n) is 2.59. The normalized spacial score (nSPS) is 15.5. The van der Waals surface area contributed by atoms with Gasteiger partial charge in [0.2, 0.25) is 0 Å². The molecule has 11 heteroatoms. The fourth-order valence-corrected chi connectivity index (χ4v) is 0.456. The first-order valence-corrected chi connectivity index (χ1v) is 2.59. The third kappa shape index (κ3) is 2.64. The maximum atomic E-state index is 9.75. The molecule has 0 N–H and O–H groups in total. The molecular weight excluding hydrogens is 155 g/mol. The summed E-state index contributed by atoms with van der Waals surface area (Å²) in [7, 11) is -4.86. The summed E-state index contributed by atoms with van der Waals surface area (Å²) in [4.78, 5) is 0. The maximum absolute atomic E-state index is 9.75. The fourth-order valence-electron chi connectivity index (χ4n) is 0.456. The zero-order valence-electron chi connectivity index (χ0n) is 5.17. The Labute approximate surface area is 63.4 Å². The zero-order valence-corrected chi connectivity index (χ0v) is 5.17. The molecular formula is B4O7-2. The predicted octanol–water partition coefficient (Wildman–Crippen LogP) is -4.29. The van der Waals surface area contributed by atoms with Crippen LogP contribution in [-0.2, 0) is 23.0 Å². The van der Waals surface area contributed by atoms with Crippen LogP contribution in [0.5, 0.6) is 0 Å². The molecule has 0 amide bonds. The molecule has 0 aromatic rings. The summed E-state index contributed by atoms with van der Waals surface area (Å²) in [6.07, 6.45) is 0. The molecule has 1 aliphatic heterocycles. The molecule has 1 fully saturated rings. The van der Waals surface area contributed by atoms with Crippen LogP contribution in [0.4, 0.5) is 0 Å². The second kappa shape index (κ2) is 3.88. The molecule has 56 valence electrons. The van der Waals surface area contributed by atoms with Gasteiger partial charge in [-0.1, -0.05) is 0 Å². The van der Waals surface area contributed by atoms with E-state index in [2.05, 4.69) is 18.3 Å². The van der Waals surface area contributed by atoms with Crippen LogP contribution in [0.3, 0.4) is 0 Å². The molecule has 0 aromatic carbocycles. The first kappa shape index (κ1) is 8.75. The van der Waals surface area contributed by atoms with Gasteiger partial charge in [-0.05, 0) is 0 Å². The molecule has 1 saturated heterocycles. The molecule has 0 bridgehead atoms. The van der Waals surface area contributed by atoms with E-state index in [0.29, 0.717) is 0 Å². The van der Waals surface area contributed by atoms with Crippen molar-refractivity contribution in [2.45, 2.75) is 0 Å². The molecule has 7 nitrogen and oxygen atoms in total. The monoisotopic (exact) mass is 156 g/mol. The van der Waals surface area contributed by atoms with Crippen LogP contribution >= 0.6 is 0 Å². The summed E-state index contributed by atoms with van der Waals surface area (Å²) in [5.74, 6) is 0. The number of rotatable bonds is 4. The van der Waals surface area contributed by atoms with Crippen LogP contribution < -0.4 is 10.0 Å². The predicted molar refractivity (Wildman–Crippen MR) is 28.0 cm³/mol. The van der Waals surface area contributed by atoms with Crippen molar-refractivity contribution in [1.82, 2.24) is 0 Å². The third-order valence-corrected chi connectivity index (χ3v) is 0.833. The molecule has 0 spiro atoms. The Morgan fingerprint density at radius 3 is 2.45 bits per heavy atom. The summed E-state index contributed by atoms with van der Waals surface area (Å²) < 4.78 is 26.4. The minimum absolute atomic E-state index is 0.104. The van der Waals surface area contributed by atoms with Crippen molar-refractivity contribution in [3.63, 3.8) is 0 Å². The topological polar surface area (TPSA) is 100 Å². The molecule has 1 heterocycles. The van der Waals surface area contributed by atoms with Crippen molar-refractivity contribution in [1.29, 1.82) is 0 Å². The van der Waals surface area contributed by atoms with Gasteiger partial charge in [0.25, 0.3) is 0 Å². The van der Waals surface area contributed by atoms with E-state index in [-0.39, 0.29) is 7.35 Å². The van der Waals surface area contributed by atoms with Crippen LogP contribution in [-0.4, -0.2) is 29.3 Å². The molecule has 0 aromatic heterocycles. The SMILES string of the molecule is O=BOB1OB(OB([O-])[O-])O1. The Morgan fingerprint density at radius 2 is 2.00 bits per heavy atom. The van der Waals surface area contributed by atoms with Crippen molar-refractivity contribution in [2.24, 2.45) is 0 Å². The number of hydrogen-bond acceptors (Lipinski definition) is 7. The zero-order chi connectivity index (χ0) is 8.27. The van der Waals surface area contributed by atoms with Gasteiger partial charge in [-0.3, -0.25) is 0 Å². The average molecular weight is 155 g/mol. The van der Waals surface area contributed by atoms with Gasteiger partial charge in [0.1, 0.15) is 0 Å². The molecule has 0 radical (unpaired) electrons. The van der Waals surface area contributed by atoms with Gasteiger partial charge in [0.15, 0.2) is 0 Å². The summed E-state index contributed by atoms with van der Waals surface area (Å²) in [6.45, 7) is 0. The molecule has 0 aliphatic carbocycles. The second-order valence-corrected chi connectivity index (χ2v) is 1.51. The Balaban J connectivity index is 2.04. The van der Waals surface area contributed by atoms with Crippen molar-refractivity contribution in [3.8, 4) is 0 Å². The number of hydrogen-bond donors (Lipinski definition) is 0. The Hall–Kier alpha value is -0.340. The van der Waals surface area contributed by atoms with Gasteiger partial charge < -0.3 is 0 Å². The average Bonchev–Trinajstić information content (AvgIpc) is 1.82. The van der Waals surface area contributed by atoms with E-state index in [1.54, 1.807) is 0 Å². The van der Waals surface area contributed by atoms with E-state index in [9.17, 15) is 14.8 Å². The van der Waals surface area contributed by atoms with E-state index >= 15 is 0 Å². The van der Waals surface area contributed by atoms with E-state index < -0.39 is 22.0 Å².